The second-order valence-corrected chi connectivity index (χ2v) is 7.34. The zero-order chi connectivity index (χ0) is 25.0. The predicted molar refractivity (Wildman–Crippen MR) is 117 cm³/mol. The van der Waals surface area contributed by atoms with Crippen molar-refractivity contribution in [3.8, 4) is 0 Å². The van der Waals surface area contributed by atoms with E-state index in [1.807, 2.05) is 0 Å². The van der Waals surface area contributed by atoms with Crippen molar-refractivity contribution in [2.75, 3.05) is 0 Å². The first-order valence-electron chi connectivity index (χ1n) is 10.1. The molecule has 0 atom stereocenters. The summed E-state index contributed by atoms with van der Waals surface area (Å²) in [5, 5.41) is 0. The smallest absolute Gasteiger partial charge is 0.457 e. The first-order chi connectivity index (χ1) is 16.0. The monoisotopic (exact) mass is 464 g/mol. The van der Waals surface area contributed by atoms with E-state index in [4.69, 9.17) is 14.0 Å². The predicted octanol–water partition coefficient (Wildman–Crippen LogP) is 1.76. The zero-order valence-corrected chi connectivity index (χ0v) is 19.4. The highest BCUT2D eigenvalue weighted by Gasteiger charge is 2.39. The molecule has 174 valence electrons. The molecule has 13 heteroatoms. The molecule has 0 bridgehead atoms. The third kappa shape index (κ3) is 5.74. The largest absolute Gasteiger partial charge is 0.870 e. The van der Waals surface area contributed by atoms with Gasteiger partial charge < -0.3 is 14.0 Å². The van der Waals surface area contributed by atoms with Crippen molar-refractivity contribution in [3.05, 3.63) is 69.8 Å². The minimum atomic E-state index is -2.07. The summed E-state index contributed by atoms with van der Waals surface area (Å²) in [6.07, 6.45) is 4.10. The number of nitrogens with zero attached hydrogens (tertiary/aromatic N) is 6. The van der Waals surface area contributed by atoms with E-state index in [9.17, 15) is 14.4 Å². The van der Waals surface area contributed by atoms with E-state index in [2.05, 4.69) is 29.9 Å². The molecule has 0 saturated heterocycles. The van der Waals surface area contributed by atoms with Gasteiger partial charge >= 0.3 is 25.2 Å². The summed E-state index contributed by atoms with van der Waals surface area (Å²) in [5.74, 6) is -3.06. The van der Waals surface area contributed by atoms with Gasteiger partial charge in [-0.2, -0.15) is 0 Å². The van der Waals surface area contributed by atoms with Crippen molar-refractivity contribution in [1.29, 1.82) is 0 Å². The molecule has 0 saturated carbocycles. The van der Waals surface area contributed by atoms with Gasteiger partial charge in [0.15, 0.2) is 17.1 Å². The molecule has 0 aliphatic heterocycles. The number of carbonyl (C=O) groups is 3. The molecule has 0 fully saturated rings. The number of aromatic nitrogens is 6. The molecule has 3 aromatic rings. The van der Waals surface area contributed by atoms with Crippen LogP contribution in [0.2, 0.25) is 0 Å². The maximum atomic E-state index is 12.7. The van der Waals surface area contributed by atoms with Crippen LogP contribution in [0.15, 0.2) is 18.6 Å². The number of carbonyl (C=O) groups excluding carboxylic acids is 3. The summed E-state index contributed by atoms with van der Waals surface area (Å²) in [6, 6.07) is 0. The van der Waals surface area contributed by atoms with Crippen molar-refractivity contribution in [2.45, 2.75) is 41.5 Å². The Balaban J connectivity index is 1.87. The molecule has 0 aromatic carbocycles. The van der Waals surface area contributed by atoms with Crippen LogP contribution in [0, 0.1) is 41.5 Å². The maximum Gasteiger partial charge on any atom is 0.870 e. The molecular formula is C21H21BN6O6. The van der Waals surface area contributed by atoms with Crippen LogP contribution in [0.3, 0.4) is 0 Å². The molecule has 3 heterocycles. The maximum absolute atomic E-state index is 12.7. The van der Waals surface area contributed by atoms with Crippen molar-refractivity contribution >= 4 is 25.2 Å². The Labute approximate surface area is 195 Å². The summed E-state index contributed by atoms with van der Waals surface area (Å²) in [6.45, 7) is 9.78. The Morgan fingerprint density at radius 1 is 0.559 bits per heavy atom. The minimum absolute atomic E-state index is 0.139. The molecule has 0 aliphatic carbocycles. The van der Waals surface area contributed by atoms with E-state index < -0.39 is 25.2 Å². The second-order valence-electron chi connectivity index (χ2n) is 7.34. The first kappa shape index (κ1) is 24.4. The van der Waals surface area contributed by atoms with Crippen LogP contribution < -0.4 is 0 Å². The molecule has 0 amide bonds. The first-order valence-corrected chi connectivity index (χ1v) is 10.1. The van der Waals surface area contributed by atoms with Crippen molar-refractivity contribution in [1.82, 2.24) is 29.9 Å². The van der Waals surface area contributed by atoms with Gasteiger partial charge in [-0.3, -0.25) is 15.0 Å². The van der Waals surface area contributed by atoms with Gasteiger partial charge in [-0.1, -0.05) is 0 Å². The van der Waals surface area contributed by atoms with Crippen molar-refractivity contribution in [2.24, 2.45) is 0 Å². The summed E-state index contributed by atoms with van der Waals surface area (Å²) < 4.78 is 15.4. The molecule has 0 radical (unpaired) electrons. The Morgan fingerprint density at radius 3 is 1.06 bits per heavy atom. The fourth-order valence-electron chi connectivity index (χ4n) is 2.90. The summed E-state index contributed by atoms with van der Waals surface area (Å²) in [7, 11) is -2.07. The highest BCUT2D eigenvalue weighted by Crippen LogP contribution is 2.12. The van der Waals surface area contributed by atoms with Crippen LogP contribution in [-0.2, 0) is 14.0 Å². The normalized spacial score (nSPS) is 10.4. The number of hydrogen-bond donors (Lipinski definition) is 0. The van der Waals surface area contributed by atoms with Gasteiger partial charge in [0.2, 0.25) is 0 Å². The van der Waals surface area contributed by atoms with Gasteiger partial charge in [0.25, 0.3) is 0 Å². The molecule has 0 aliphatic rings. The van der Waals surface area contributed by atoms with Gasteiger partial charge in [0.05, 0.1) is 34.2 Å². The van der Waals surface area contributed by atoms with Crippen molar-refractivity contribution < 1.29 is 28.3 Å². The fourth-order valence-corrected chi connectivity index (χ4v) is 2.90. The Morgan fingerprint density at radius 2 is 0.824 bits per heavy atom. The SMILES string of the molecule is Cc1cnc(C(=O)OB(OC(=O)c2ncc(C)nc2C)OC(=O)c2ncc(C)nc2C)c(C)n1. The molecule has 3 rings (SSSR count). The van der Waals surface area contributed by atoms with Crippen LogP contribution in [0.5, 0.6) is 0 Å². The third-order valence-electron chi connectivity index (χ3n) is 4.39. The molecule has 0 unspecified atom stereocenters. The van der Waals surface area contributed by atoms with Gasteiger partial charge in [-0.15, -0.1) is 0 Å². The lowest BCUT2D eigenvalue weighted by atomic mass is 10.2. The second kappa shape index (κ2) is 10.1. The van der Waals surface area contributed by atoms with Crippen LogP contribution in [0.4, 0.5) is 0 Å². The van der Waals surface area contributed by atoms with Crippen LogP contribution >= 0.6 is 0 Å². The summed E-state index contributed by atoms with van der Waals surface area (Å²) in [5.41, 5.74) is 2.19. The van der Waals surface area contributed by atoms with Gasteiger partial charge in [-0.05, 0) is 41.5 Å². The summed E-state index contributed by atoms with van der Waals surface area (Å²) in [4.78, 5) is 62.5. The average Bonchev–Trinajstić information content (AvgIpc) is 2.73. The number of rotatable bonds is 6. The van der Waals surface area contributed by atoms with Crippen molar-refractivity contribution in [3.63, 3.8) is 0 Å². The molecule has 3 aromatic heterocycles. The van der Waals surface area contributed by atoms with Gasteiger partial charge in [0.1, 0.15) is 0 Å². The van der Waals surface area contributed by atoms with Gasteiger partial charge in [0, 0.05) is 18.6 Å². The van der Waals surface area contributed by atoms with Crippen LogP contribution in [0.25, 0.3) is 0 Å². The average molecular weight is 464 g/mol. The minimum Gasteiger partial charge on any atom is -0.457 e. The zero-order valence-electron chi connectivity index (χ0n) is 19.4. The van der Waals surface area contributed by atoms with Gasteiger partial charge in [-0.25, -0.2) is 29.3 Å². The quantitative estimate of drug-likeness (QED) is 0.488. The topological polar surface area (TPSA) is 156 Å². The summed E-state index contributed by atoms with van der Waals surface area (Å²) >= 11 is 0. The molecular weight excluding hydrogens is 443 g/mol. The van der Waals surface area contributed by atoms with E-state index >= 15 is 0 Å². The van der Waals surface area contributed by atoms with E-state index in [1.165, 1.54) is 18.6 Å². The van der Waals surface area contributed by atoms with E-state index in [1.54, 1.807) is 41.5 Å². The highest BCUT2D eigenvalue weighted by atomic mass is 16.8. The Bertz CT molecular complexity index is 1130. The molecule has 34 heavy (non-hydrogen) atoms. The molecule has 12 nitrogen and oxygen atoms in total. The number of hydrogen-bond acceptors (Lipinski definition) is 12. The third-order valence-corrected chi connectivity index (χ3v) is 4.39. The van der Waals surface area contributed by atoms with Crippen LogP contribution in [-0.4, -0.2) is 55.1 Å². The lowest BCUT2D eigenvalue weighted by molar-refractivity contribution is 0.0401. The fraction of sp³-hybridized carbons (Fsp3) is 0.286. The lowest BCUT2D eigenvalue weighted by Gasteiger charge is -2.14. The van der Waals surface area contributed by atoms with E-state index in [0.29, 0.717) is 17.1 Å². The standard InChI is InChI=1S/C21H21BN6O6/c1-10-7-23-16(13(4)26-10)19(29)32-22(33-20(30)17-14(5)27-11(2)8-24-17)34-21(31)18-15(6)28-12(3)9-25-18/h7-9H,1-6H3. The number of aryl methyl sites for hydroxylation is 6. The van der Waals surface area contributed by atoms with Crippen LogP contribution in [0.1, 0.15) is 65.6 Å². The lowest BCUT2D eigenvalue weighted by Crippen LogP contribution is -2.36. The Kier molecular flexibility index (Phi) is 7.24. The van der Waals surface area contributed by atoms with E-state index in [0.717, 1.165) is 0 Å². The molecule has 0 spiro atoms. The Hall–Kier alpha value is -4.29. The molecule has 0 N–H and O–H groups in total. The van der Waals surface area contributed by atoms with E-state index in [-0.39, 0.29) is 34.2 Å². The highest BCUT2D eigenvalue weighted by molar-refractivity contribution is 6.45.